The second-order valence-electron chi connectivity index (χ2n) is 6.21. The van der Waals surface area contributed by atoms with Gasteiger partial charge in [0.25, 0.3) is 0 Å². The highest BCUT2D eigenvalue weighted by Crippen LogP contribution is 2.39. The van der Waals surface area contributed by atoms with Crippen LogP contribution in [0.4, 0.5) is 4.39 Å². The number of benzene rings is 3. The Bertz CT molecular complexity index is 882. The predicted molar refractivity (Wildman–Crippen MR) is 106 cm³/mol. The fourth-order valence-corrected chi connectivity index (χ4v) is 3.30. The van der Waals surface area contributed by atoms with E-state index in [0.717, 1.165) is 16.7 Å². The van der Waals surface area contributed by atoms with E-state index in [0.29, 0.717) is 23.0 Å². The highest BCUT2D eigenvalue weighted by Gasteiger charge is 2.20. The van der Waals surface area contributed by atoms with Crippen LogP contribution in [0.2, 0.25) is 0 Å². The van der Waals surface area contributed by atoms with Crippen molar-refractivity contribution in [3.8, 4) is 23.0 Å². The van der Waals surface area contributed by atoms with E-state index in [2.05, 4.69) is 0 Å². The summed E-state index contributed by atoms with van der Waals surface area (Å²) in [5, 5.41) is 0. The van der Waals surface area contributed by atoms with E-state index in [1.165, 1.54) is 12.1 Å². The molecule has 0 heterocycles. The van der Waals surface area contributed by atoms with Crippen LogP contribution in [0.3, 0.4) is 0 Å². The first-order valence-corrected chi connectivity index (χ1v) is 8.80. The van der Waals surface area contributed by atoms with E-state index in [9.17, 15) is 4.39 Å². The van der Waals surface area contributed by atoms with Crippen molar-refractivity contribution in [2.24, 2.45) is 0 Å². The molecule has 28 heavy (non-hydrogen) atoms. The van der Waals surface area contributed by atoms with Crippen molar-refractivity contribution in [2.45, 2.75) is 5.92 Å². The number of hydrogen-bond donors (Lipinski definition) is 0. The van der Waals surface area contributed by atoms with E-state index < -0.39 is 0 Å². The molecule has 146 valence electrons. The molecule has 3 rings (SSSR count). The molecule has 3 aromatic carbocycles. The summed E-state index contributed by atoms with van der Waals surface area (Å²) < 4.78 is 35.2. The minimum Gasteiger partial charge on any atom is -0.493 e. The predicted octanol–water partition coefficient (Wildman–Crippen LogP) is 5.04. The third kappa shape index (κ3) is 3.88. The highest BCUT2D eigenvalue weighted by molar-refractivity contribution is 5.53. The van der Waals surface area contributed by atoms with Crippen LogP contribution in [-0.4, -0.2) is 28.4 Å². The number of rotatable bonds is 7. The van der Waals surface area contributed by atoms with Crippen LogP contribution < -0.4 is 18.9 Å². The first kappa shape index (κ1) is 19.5. The zero-order valence-corrected chi connectivity index (χ0v) is 16.4. The molecule has 0 radical (unpaired) electrons. The maximum Gasteiger partial charge on any atom is 0.161 e. The largest absolute Gasteiger partial charge is 0.493 e. The zero-order chi connectivity index (χ0) is 20.1. The van der Waals surface area contributed by atoms with Gasteiger partial charge in [0.05, 0.1) is 28.4 Å². The van der Waals surface area contributed by atoms with Gasteiger partial charge < -0.3 is 18.9 Å². The van der Waals surface area contributed by atoms with E-state index >= 15 is 0 Å². The molecule has 0 unspecified atom stereocenters. The van der Waals surface area contributed by atoms with Gasteiger partial charge in [-0.15, -0.1) is 0 Å². The maximum atomic E-state index is 13.5. The van der Waals surface area contributed by atoms with Gasteiger partial charge in [0.1, 0.15) is 5.82 Å². The molecule has 0 spiro atoms. The van der Waals surface area contributed by atoms with Crippen molar-refractivity contribution in [3.05, 3.63) is 83.2 Å². The number of methoxy groups -OCH3 is 4. The molecule has 0 fully saturated rings. The quantitative estimate of drug-likeness (QED) is 0.537. The van der Waals surface area contributed by atoms with Crippen LogP contribution in [0.5, 0.6) is 23.0 Å². The van der Waals surface area contributed by atoms with Gasteiger partial charge >= 0.3 is 0 Å². The summed E-state index contributed by atoms with van der Waals surface area (Å²) in [4.78, 5) is 0. The SMILES string of the molecule is COc1ccc(C(c2ccc(F)cc2)c2ccc(OC)c(OC)c2)cc1OC. The number of ether oxygens (including phenoxy) is 4. The van der Waals surface area contributed by atoms with Crippen LogP contribution in [0.25, 0.3) is 0 Å². The van der Waals surface area contributed by atoms with E-state index in [1.54, 1.807) is 40.6 Å². The fourth-order valence-electron chi connectivity index (χ4n) is 3.30. The van der Waals surface area contributed by atoms with Crippen molar-refractivity contribution in [3.63, 3.8) is 0 Å². The molecule has 0 atom stereocenters. The molecule has 4 nitrogen and oxygen atoms in total. The zero-order valence-electron chi connectivity index (χ0n) is 16.4. The molecular weight excluding hydrogens is 359 g/mol. The van der Waals surface area contributed by atoms with Gasteiger partial charge in [-0.2, -0.15) is 0 Å². The molecule has 0 aliphatic carbocycles. The lowest BCUT2D eigenvalue weighted by Crippen LogP contribution is -2.05. The summed E-state index contributed by atoms with van der Waals surface area (Å²) in [6.07, 6.45) is 0. The normalized spacial score (nSPS) is 10.6. The van der Waals surface area contributed by atoms with Crippen molar-refractivity contribution in [1.29, 1.82) is 0 Å². The lowest BCUT2D eigenvalue weighted by molar-refractivity contribution is 0.354. The highest BCUT2D eigenvalue weighted by atomic mass is 19.1. The third-order valence-electron chi connectivity index (χ3n) is 4.69. The smallest absolute Gasteiger partial charge is 0.161 e. The summed E-state index contributed by atoms with van der Waals surface area (Å²) in [5.74, 6) is 2.13. The minimum atomic E-state index is -0.276. The minimum absolute atomic E-state index is 0.153. The van der Waals surface area contributed by atoms with Crippen LogP contribution in [0.15, 0.2) is 60.7 Å². The molecule has 0 amide bonds. The van der Waals surface area contributed by atoms with Gasteiger partial charge in [-0.05, 0) is 53.1 Å². The first-order chi connectivity index (χ1) is 13.6. The molecule has 0 aliphatic rings. The Hall–Kier alpha value is -3.21. The van der Waals surface area contributed by atoms with Crippen LogP contribution in [0.1, 0.15) is 22.6 Å². The molecule has 0 N–H and O–H groups in total. The van der Waals surface area contributed by atoms with Crippen molar-refractivity contribution in [1.82, 2.24) is 0 Å². The summed E-state index contributed by atoms with van der Waals surface area (Å²) in [7, 11) is 6.41. The fraction of sp³-hybridized carbons (Fsp3) is 0.217. The molecule has 0 aromatic heterocycles. The topological polar surface area (TPSA) is 36.9 Å². The molecule has 0 aliphatic heterocycles. The monoisotopic (exact) mass is 382 g/mol. The van der Waals surface area contributed by atoms with Crippen LogP contribution >= 0.6 is 0 Å². The Balaban J connectivity index is 2.17. The maximum absolute atomic E-state index is 13.5. The Labute approximate surface area is 164 Å². The average molecular weight is 382 g/mol. The van der Waals surface area contributed by atoms with Gasteiger partial charge in [-0.25, -0.2) is 4.39 Å². The van der Waals surface area contributed by atoms with Gasteiger partial charge in [0.15, 0.2) is 23.0 Å². The molecule has 3 aromatic rings. The van der Waals surface area contributed by atoms with Crippen molar-refractivity contribution in [2.75, 3.05) is 28.4 Å². The standard InChI is InChI=1S/C23H23FO4/c1-25-19-11-7-16(13-21(19)27-3)23(15-5-9-18(24)10-6-15)17-8-12-20(26-2)22(14-17)28-4/h5-14,23H,1-4H3. The van der Waals surface area contributed by atoms with Crippen molar-refractivity contribution >= 4 is 0 Å². The van der Waals surface area contributed by atoms with E-state index in [-0.39, 0.29) is 11.7 Å². The molecule has 5 heteroatoms. The second-order valence-corrected chi connectivity index (χ2v) is 6.21. The molecule has 0 saturated heterocycles. The van der Waals surface area contributed by atoms with Gasteiger partial charge in [0, 0.05) is 5.92 Å². The second kappa shape index (κ2) is 8.65. The van der Waals surface area contributed by atoms with Gasteiger partial charge in [-0.3, -0.25) is 0 Å². The third-order valence-corrected chi connectivity index (χ3v) is 4.69. The van der Waals surface area contributed by atoms with Gasteiger partial charge in [0.2, 0.25) is 0 Å². The Morgan fingerprint density at radius 2 is 0.929 bits per heavy atom. The Morgan fingerprint density at radius 3 is 1.32 bits per heavy atom. The van der Waals surface area contributed by atoms with Crippen molar-refractivity contribution < 1.29 is 23.3 Å². The van der Waals surface area contributed by atoms with Crippen LogP contribution in [0, 0.1) is 5.82 Å². The van der Waals surface area contributed by atoms with E-state index in [4.69, 9.17) is 18.9 Å². The van der Waals surface area contributed by atoms with Crippen LogP contribution in [-0.2, 0) is 0 Å². The summed E-state index contributed by atoms with van der Waals surface area (Å²) in [5.41, 5.74) is 2.91. The molecular formula is C23H23FO4. The summed E-state index contributed by atoms with van der Waals surface area (Å²) in [6, 6.07) is 18.1. The lowest BCUT2D eigenvalue weighted by atomic mass is 9.85. The van der Waals surface area contributed by atoms with E-state index in [1.807, 2.05) is 36.4 Å². The van der Waals surface area contributed by atoms with Gasteiger partial charge in [-0.1, -0.05) is 24.3 Å². The summed E-state index contributed by atoms with van der Waals surface area (Å²) in [6.45, 7) is 0. The average Bonchev–Trinajstić information content (AvgIpc) is 2.74. The number of halogens is 1. The first-order valence-electron chi connectivity index (χ1n) is 8.80. The summed E-state index contributed by atoms with van der Waals surface area (Å²) >= 11 is 0. The molecule has 0 saturated carbocycles. The Kier molecular flexibility index (Phi) is 6.04. The Morgan fingerprint density at radius 1 is 0.536 bits per heavy atom. The lowest BCUT2D eigenvalue weighted by Gasteiger charge is -2.21. The number of hydrogen-bond acceptors (Lipinski definition) is 4. The molecule has 0 bridgehead atoms.